The molecule has 1 unspecified atom stereocenters. The van der Waals surface area contributed by atoms with Gasteiger partial charge in [-0.05, 0) is 31.5 Å². The summed E-state index contributed by atoms with van der Waals surface area (Å²) in [5, 5.41) is 11.5. The number of benzene rings is 1. The number of carboxylic acids is 1. The van der Waals surface area contributed by atoms with Crippen LogP contribution in [-0.4, -0.2) is 36.8 Å². The third kappa shape index (κ3) is 6.46. The number of carbonyl (C=O) groups is 2. The van der Waals surface area contributed by atoms with E-state index in [0.29, 0.717) is 18.5 Å². The maximum Gasteiger partial charge on any atom is 0.341 e. The largest absolute Gasteiger partial charge is 0.480 e. The predicted molar refractivity (Wildman–Crippen MR) is 78.9 cm³/mol. The number of halogens is 1. The molecule has 2 N–H and O–H groups in total. The van der Waals surface area contributed by atoms with Crippen LogP contribution in [0.5, 0.6) is 5.75 Å². The van der Waals surface area contributed by atoms with Crippen molar-refractivity contribution in [2.24, 2.45) is 0 Å². The molecule has 21 heavy (non-hydrogen) atoms. The monoisotopic (exact) mass is 315 g/mol. The molecule has 1 atom stereocenters. The van der Waals surface area contributed by atoms with Crippen molar-refractivity contribution in [2.75, 3.05) is 19.0 Å². The summed E-state index contributed by atoms with van der Waals surface area (Å²) in [6.07, 6.45) is 0.978. The van der Waals surface area contributed by atoms with Crippen molar-refractivity contribution in [1.29, 1.82) is 0 Å². The van der Waals surface area contributed by atoms with Gasteiger partial charge in [0.2, 0.25) is 5.91 Å². The highest BCUT2D eigenvalue weighted by atomic mass is 35.5. The first-order valence-electron chi connectivity index (χ1n) is 6.39. The Balaban J connectivity index is 2.54. The number of carboxylic acid groups (broad SMARTS) is 1. The average molecular weight is 316 g/mol. The van der Waals surface area contributed by atoms with Crippen molar-refractivity contribution in [2.45, 2.75) is 25.9 Å². The Hall–Kier alpha value is -1.79. The van der Waals surface area contributed by atoms with Gasteiger partial charge in [-0.25, -0.2) is 4.79 Å². The Kier molecular flexibility index (Phi) is 6.98. The van der Waals surface area contributed by atoms with Gasteiger partial charge in [-0.3, -0.25) is 4.79 Å². The summed E-state index contributed by atoms with van der Waals surface area (Å²) in [4.78, 5) is 22.1. The van der Waals surface area contributed by atoms with Crippen LogP contribution < -0.4 is 10.1 Å². The molecule has 6 nitrogen and oxygen atoms in total. The maximum absolute atomic E-state index is 11.7. The fourth-order valence-electron chi connectivity index (χ4n) is 1.51. The number of nitrogens with one attached hydrogen (secondary N) is 1. The van der Waals surface area contributed by atoms with Gasteiger partial charge in [0.05, 0.1) is 11.1 Å². The predicted octanol–water partition coefficient (Wildman–Crippen LogP) is 2.56. The number of hydrogen-bond donors (Lipinski definition) is 2. The van der Waals surface area contributed by atoms with E-state index < -0.39 is 12.6 Å². The number of methoxy groups -OCH3 is 1. The van der Waals surface area contributed by atoms with Gasteiger partial charge in [-0.2, -0.15) is 0 Å². The molecule has 116 valence electrons. The molecule has 0 bridgehead atoms. The van der Waals surface area contributed by atoms with E-state index in [1.54, 1.807) is 13.2 Å². The first kappa shape index (κ1) is 17.3. The van der Waals surface area contributed by atoms with Crippen molar-refractivity contribution in [3.05, 3.63) is 23.2 Å². The average Bonchev–Trinajstić information content (AvgIpc) is 2.43. The number of carbonyl (C=O) groups excluding carboxylic acids is 1. The fraction of sp³-hybridized carbons (Fsp3) is 0.429. The molecule has 0 heterocycles. The van der Waals surface area contributed by atoms with E-state index in [1.807, 2.05) is 6.92 Å². The second-order valence-electron chi connectivity index (χ2n) is 4.46. The van der Waals surface area contributed by atoms with Crippen molar-refractivity contribution in [3.63, 3.8) is 0 Å². The van der Waals surface area contributed by atoms with Crippen LogP contribution in [0, 0.1) is 0 Å². The number of anilines is 1. The highest BCUT2D eigenvalue weighted by Gasteiger charge is 2.09. The first-order valence-corrected chi connectivity index (χ1v) is 6.77. The Morgan fingerprint density at radius 3 is 2.71 bits per heavy atom. The second kappa shape index (κ2) is 8.49. The van der Waals surface area contributed by atoms with Gasteiger partial charge >= 0.3 is 5.97 Å². The second-order valence-corrected chi connectivity index (χ2v) is 4.87. The minimum Gasteiger partial charge on any atom is -0.480 e. The number of amides is 1. The third-order valence-electron chi connectivity index (χ3n) is 2.75. The molecular weight excluding hydrogens is 298 g/mol. The lowest BCUT2D eigenvalue weighted by Crippen LogP contribution is -2.15. The van der Waals surface area contributed by atoms with Crippen molar-refractivity contribution < 1.29 is 24.2 Å². The van der Waals surface area contributed by atoms with E-state index in [9.17, 15) is 9.59 Å². The highest BCUT2D eigenvalue weighted by molar-refractivity contribution is 6.32. The molecule has 0 aromatic heterocycles. The van der Waals surface area contributed by atoms with Crippen molar-refractivity contribution in [1.82, 2.24) is 0 Å². The number of ether oxygens (including phenoxy) is 2. The third-order valence-corrected chi connectivity index (χ3v) is 3.04. The summed E-state index contributed by atoms with van der Waals surface area (Å²) in [5.74, 6) is -0.977. The van der Waals surface area contributed by atoms with Crippen LogP contribution >= 0.6 is 11.6 Å². The van der Waals surface area contributed by atoms with Crippen molar-refractivity contribution >= 4 is 29.2 Å². The van der Waals surface area contributed by atoms with E-state index in [1.165, 1.54) is 12.1 Å². The summed E-state index contributed by atoms with van der Waals surface area (Å²) in [6.45, 7) is 1.42. The zero-order chi connectivity index (χ0) is 15.8. The zero-order valence-electron chi connectivity index (χ0n) is 11.9. The lowest BCUT2D eigenvalue weighted by atomic mass is 10.2. The van der Waals surface area contributed by atoms with Gasteiger partial charge in [-0.1, -0.05) is 11.6 Å². The molecule has 0 aliphatic carbocycles. The maximum atomic E-state index is 11.7. The topological polar surface area (TPSA) is 84.9 Å². The quantitative estimate of drug-likeness (QED) is 0.770. The van der Waals surface area contributed by atoms with E-state index in [4.69, 9.17) is 26.2 Å². The lowest BCUT2D eigenvalue weighted by Gasteiger charge is -2.11. The molecule has 0 saturated carbocycles. The van der Waals surface area contributed by atoms with Crippen LogP contribution in [0.25, 0.3) is 0 Å². The number of rotatable bonds is 8. The van der Waals surface area contributed by atoms with Gasteiger partial charge in [0.25, 0.3) is 0 Å². The Bertz CT molecular complexity index is 506. The molecule has 0 radical (unpaired) electrons. The molecule has 1 aromatic rings. The molecule has 0 aliphatic rings. The fourth-order valence-corrected chi connectivity index (χ4v) is 1.75. The normalized spacial score (nSPS) is 11.8. The Morgan fingerprint density at radius 2 is 2.14 bits per heavy atom. The zero-order valence-corrected chi connectivity index (χ0v) is 12.6. The van der Waals surface area contributed by atoms with Gasteiger partial charge in [0.15, 0.2) is 6.61 Å². The van der Waals surface area contributed by atoms with E-state index >= 15 is 0 Å². The number of hydrogen-bond acceptors (Lipinski definition) is 4. The van der Waals surface area contributed by atoms with Crippen LogP contribution in [0.1, 0.15) is 19.8 Å². The lowest BCUT2D eigenvalue weighted by molar-refractivity contribution is -0.139. The summed E-state index contributed by atoms with van der Waals surface area (Å²) < 4.78 is 10.1. The van der Waals surface area contributed by atoms with Crippen LogP contribution in [0.15, 0.2) is 18.2 Å². The van der Waals surface area contributed by atoms with Crippen molar-refractivity contribution in [3.8, 4) is 5.75 Å². The van der Waals surface area contributed by atoms with E-state index in [0.717, 1.165) is 0 Å². The standard InChI is InChI=1S/C14H18ClNO5/c1-9(20-2)3-6-13(17)16-10-4-5-12(11(15)7-10)21-8-14(18)19/h4-5,7,9H,3,6,8H2,1-2H3,(H,16,17)(H,18,19). The minimum atomic E-state index is -1.09. The van der Waals surface area contributed by atoms with Gasteiger partial charge < -0.3 is 19.9 Å². The molecular formula is C14H18ClNO5. The molecule has 1 rings (SSSR count). The van der Waals surface area contributed by atoms with Gasteiger partial charge in [0.1, 0.15) is 5.75 Å². The molecule has 1 amide bonds. The molecule has 0 saturated heterocycles. The summed E-state index contributed by atoms with van der Waals surface area (Å²) in [6, 6.07) is 4.62. The Labute approximate surface area is 128 Å². The summed E-state index contributed by atoms with van der Waals surface area (Å²) >= 11 is 5.96. The smallest absolute Gasteiger partial charge is 0.341 e. The minimum absolute atomic E-state index is 0.0196. The van der Waals surface area contributed by atoms with Crippen LogP contribution in [0.4, 0.5) is 5.69 Å². The van der Waals surface area contributed by atoms with Crippen LogP contribution in [0.2, 0.25) is 5.02 Å². The summed E-state index contributed by atoms with van der Waals surface area (Å²) in [5.41, 5.74) is 0.526. The SMILES string of the molecule is COC(C)CCC(=O)Nc1ccc(OCC(=O)O)c(Cl)c1. The van der Waals surface area contributed by atoms with Crippen LogP contribution in [-0.2, 0) is 14.3 Å². The van der Waals surface area contributed by atoms with E-state index in [2.05, 4.69) is 5.32 Å². The molecule has 0 fully saturated rings. The first-order chi connectivity index (χ1) is 9.92. The van der Waals surface area contributed by atoms with Crippen LogP contribution in [0.3, 0.4) is 0 Å². The molecule has 0 spiro atoms. The molecule has 0 aliphatic heterocycles. The summed E-state index contributed by atoms with van der Waals surface area (Å²) in [7, 11) is 1.60. The van der Waals surface area contributed by atoms with Gasteiger partial charge in [0, 0.05) is 19.2 Å². The van der Waals surface area contributed by atoms with Gasteiger partial charge in [-0.15, -0.1) is 0 Å². The highest BCUT2D eigenvalue weighted by Crippen LogP contribution is 2.27. The Morgan fingerprint density at radius 1 is 1.43 bits per heavy atom. The number of aliphatic carboxylic acids is 1. The van der Waals surface area contributed by atoms with E-state index in [-0.39, 0.29) is 22.8 Å². The molecule has 1 aromatic carbocycles. The molecule has 7 heteroatoms.